The van der Waals surface area contributed by atoms with Gasteiger partial charge in [-0.1, -0.05) is 0 Å². The van der Waals surface area contributed by atoms with Crippen molar-refractivity contribution in [1.82, 2.24) is 4.98 Å². The van der Waals surface area contributed by atoms with Crippen LogP contribution in [0.1, 0.15) is 6.92 Å². The van der Waals surface area contributed by atoms with Crippen LogP contribution in [0, 0.1) is 0 Å². The lowest BCUT2D eigenvalue weighted by atomic mass is 10.4. The molecule has 0 aliphatic rings. The standard InChI is InChI=1S/C9H12N2O3/c1-6(12)10-8-5-4-7(13-2)9(11-8)14-3/h4-5H,1-3H3,(H,10,11,12). The van der Waals surface area contributed by atoms with Gasteiger partial charge in [0.05, 0.1) is 14.2 Å². The van der Waals surface area contributed by atoms with E-state index >= 15 is 0 Å². The van der Waals surface area contributed by atoms with Crippen molar-refractivity contribution >= 4 is 11.7 Å². The Labute approximate surface area is 82.0 Å². The molecule has 0 saturated heterocycles. The van der Waals surface area contributed by atoms with Crippen molar-refractivity contribution in [3.63, 3.8) is 0 Å². The Morgan fingerprint density at radius 3 is 2.57 bits per heavy atom. The molecule has 0 unspecified atom stereocenters. The zero-order chi connectivity index (χ0) is 10.6. The van der Waals surface area contributed by atoms with Crippen molar-refractivity contribution in [2.75, 3.05) is 19.5 Å². The summed E-state index contributed by atoms with van der Waals surface area (Å²) in [6.45, 7) is 1.42. The third kappa shape index (κ3) is 2.35. The van der Waals surface area contributed by atoms with Crippen molar-refractivity contribution in [1.29, 1.82) is 0 Å². The van der Waals surface area contributed by atoms with Gasteiger partial charge in [-0.2, -0.15) is 4.98 Å². The second-order valence-corrected chi connectivity index (χ2v) is 2.59. The van der Waals surface area contributed by atoms with Crippen molar-refractivity contribution in [2.45, 2.75) is 6.92 Å². The molecule has 1 N–H and O–H groups in total. The molecule has 0 saturated carbocycles. The van der Waals surface area contributed by atoms with E-state index in [-0.39, 0.29) is 5.91 Å². The highest BCUT2D eigenvalue weighted by Gasteiger charge is 2.06. The molecule has 1 amide bonds. The minimum Gasteiger partial charge on any atom is -0.491 e. The lowest BCUT2D eigenvalue weighted by Gasteiger charge is -2.07. The van der Waals surface area contributed by atoms with Crippen molar-refractivity contribution in [3.05, 3.63) is 12.1 Å². The Balaban J connectivity index is 2.95. The van der Waals surface area contributed by atoms with Crippen LogP contribution < -0.4 is 14.8 Å². The summed E-state index contributed by atoms with van der Waals surface area (Å²) in [7, 11) is 3.01. The molecule has 0 aliphatic heterocycles. The Hall–Kier alpha value is -1.78. The molecule has 76 valence electrons. The van der Waals surface area contributed by atoms with Gasteiger partial charge in [-0.3, -0.25) is 4.79 Å². The number of anilines is 1. The summed E-state index contributed by atoms with van der Waals surface area (Å²) in [4.78, 5) is 14.8. The fourth-order valence-corrected chi connectivity index (χ4v) is 0.979. The van der Waals surface area contributed by atoms with E-state index in [9.17, 15) is 4.79 Å². The van der Waals surface area contributed by atoms with Crippen molar-refractivity contribution in [3.8, 4) is 11.6 Å². The Morgan fingerprint density at radius 2 is 2.07 bits per heavy atom. The molecule has 0 aromatic carbocycles. The molecule has 0 radical (unpaired) electrons. The molecule has 0 bridgehead atoms. The quantitative estimate of drug-likeness (QED) is 0.785. The highest BCUT2D eigenvalue weighted by atomic mass is 16.5. The predicted octanol–water partition coefficient (Wildman–Crippen LogP) is 1.06. The summed E-state index contributed by atoms with van der Waals surface area (Å²) in [5.41, 5.74) is 0. The number of amides is 1. The van der Waals surface area contributed by atoms with Crippen LogP contribution in [0.2, 0.25) is 0 Å². The van der Waals surface area contributed by atoms with E-state index in [1.807, 2.05) is 0 Å². The third-order valence-electron chi connectivity index (χ3n) is 1.54. The minimum atomic E-state index is -0.176. The number of carbonyl (C=O) groups excluding carboxylic acids is 1. The molecule has 0 spiro atoms. The van der Waals surface area contributed by atoms with Gasteiger partial charge >= 0.3 is 0 Å². The van der Waals surface area contributed by atoms with Gasteiger partial charge in [0.1, 0.15) is 5.82 Å². The molecular formula is C9H12N2O3. The van der Waals surface area contributed by atoms with Gasteiger partial charge in [-0.25, -0.2) is 0 Å². The fourth-order valence-electron chi connectivity index (χ4n) is 0.979. The molecule has 1 rings (SSSR count). The summed E-state index contributed by atoms with van der Waals surface area (Å²) < 4.78 is 9.97. The van der Waals surface area contributed by atoms with Crippen LogP contribution in [-0.4, -0.2) is 25.1 Å². The lowest BCUT2D eigenvalue weighted by molar-refractivity contribution is -0.114. The molecular weight excluding hydrogens is 184 g/mol. The van der Waals surface area contributed by atoms with Gasteiger partial charge in [0.2, 0.25) is 5.91 Å². The number of nitrogens with zero attached hydrogens (tertiary/aromatic N) is 1. The highest BCUT2D eigenvalue weighted by Crippen LogP contribution is 2.25. The minimum absolute atomic E-state index is 0.176. The summed E-state index contributed by atoms with van der Waals surface area (Å²) in [5.74, 6) is 1.14. The molecule has 1 heterocycles. The average molecular weight is 196 g/mol. The van der Waals surface area contributed by atoms with E-state index in [0.717, 1.165) is 0 Å². The van der Waals surface area contributed by atoms with Gasteiger partial charge in [0, 0.05) is 6.92 Å². The number of carbonyl (C=O) groups is 1. The van der Waals surface area contributed by atoms with Crippen LogP contribution in [0.4, 0.5) is 5.82 Å². The Bertz CT molecular complexity index is 339. The van der Waals surface area contributed by atoms with E-state index in [1.165, 1.54) is 21.1 Å². The van der Waals surface area contributed by atoms with Crippen LogP contribution >= 0.6 is 0 Å². The molecule has 1 aromatic heterocycles. The van der Waals surface area contributed by atoms with Gasteiger partial charge in [0.25, 0.3) is 5.88 Å². The summed E-state index contributed by atoms with van der Waals surface area (Å²) in [6.07, 6.45) is 0. The topological polar surface area (TPSA) is 60.5 Å². The van der Waals surface area contributed by atoms with E-state index in [4.69, 9.17) is 9.47 Å². The second kappa shape index (κ2) is 4.45. The van der Waals surface area contributed by atoms with Crippen LogP contribution in [0.15, 0.2) is 12.1 Å². The molecule has 5 nitrogen and oxygen atoms in total. The predicted molar refractivity (Wildman–Crippen MR) is 51.6 cm³/mol. The SMILES string of the molecule is COc1ccc(NC(C)=O)nc1OC. The molecule has 14 heavy (non-hydrogen) atoms. The van der Waals surface area contributed by atoms with E-state index in [0.29, 0.717) is 17.4 Å². The largest absolute Gasteiger partial charge is 0.491 e. The van der Waals surface area contributed by atoms with Gasteiger partial charge in [-0.05, 0) is 12.1 Å². The lowest BCUT2D eigenvalue weighted by Crippen LogP contribution is -2.08. The van der Waals surface area contributed by atoms with Crippen LogP contribution in [0.3, 0.4) is 0 Å². The number of pyridine rings is 1. The monoisotopic (exact) mass is 196 g/mol. The maximum atomic E-state index is 10.7. The Morgan fingerprint density at radius 1 is 1.36 bits per heavy atom. The molecule has 5 heteroatoms. The highest BCUT2D eigenvalue weighted by molar-refractivity contribution is 5.87. The van der Waals surface area contributed by atoms with E-state index in [2.05, 4.69) is 10.3 Å². The maximum Gasteiger partial charge on any atom is 0.258 e. The Kier molecular flexibility index (Phi) is 3.28. The smallest absolute Gasteiger partial charge is 0.258 e. The second-order valence-electron chi connectivity index (χ2n) is 2.59. The molecule has 0 fully saturated rings. The first kappa shape index (κ1) is 10.3. The third-order valence-corrected chi connectivity index (χ3v) is 1.54. The van der Waals surface area contributed by atoms with Gasteiger partial charge in [-0.15, -0.1) is 0 Å². The maximum absolute atomic E-state index is 10.7. The van der Waals surface area contributed by atoms with Gasteiger partial charge in [0.15, 0.2) is 5.75 Å². The number of hydrogen-bond acceptors (Lipinski definition) is 4. The van der Waals surface area contributed by atoms with Crippen LogP contribution in [0.25, 0.3) is 0 Å². The van der Waals surface area contributed by atoms with Gasteiger partial charge < -0.3 is 14.8 Å². The average Bonchev–Trinajstić information content (AvgIpc) is 2.16. The number of nitrogens with one attached hydrogen (secondary N) is 1. The first-order valence-electron chi connectivity index (χ1n) is 4.04. The number of ether oxygens (including phenoxy) is 2. The molecule has 1 aromatic rings. The first-order valence-corrected chi connectivity index (χ1v) is 4.04. The fraction of sp³-hybridized carbons (Fsp3) is 0.333. The number of methoxy groups -OCH3 is 2. The summed E-state index contributed by atoms with van der Waals surface area (Å²) in [5, 5.41) is 2.55. The number of hydrogen-bond donors (Lipinski definition) is 1. The van der Waals surface area contributed by atoms with Crippen LogP contribution in [0.5, 0.6) is 11.6 Å². The first-order chi connectivity index (χ1) is 6.67. The number of rotatable bonds is 3. The number of aromatic nitrogens is 1. The van der Waals surface area contributed by atoms with Crippen LogP contribution in [-0.2, 0) is 4.79 Å². The van der Waals surface area contributed by atoms with E-state index < -0.39 is 0 Å². The van der Waals surface area contributed by atoms with Crippen molar-refractivity contribution < 1.29 is 14.3 Å². The van der Waals surface area contributed by atoms with Crippen molar-refractivity contribution in [2.24, 2.45) is 0 Å². The zero-order valence-electron chi connectivity index (χ0n) is 8.33. The normalized spacial score (nSPS) is 9.36. The van der Waals surface area contributed by atoms with E-state index in [1.54, 1.807) is 12.1 Å². The molecule has 0 atom stereocenters. The summed E-state index contributed by atoms with van der Waals surface area (Å²) >= 11 is 0. The summed E-state index contributed by atoms with van der Waals surface area (Å²) in [6, 6.07) is 3.32. The molecule has 0 aliphatic carbocycles. The zero-order valence-corrected chi connectivity index (χ0v) is 8.33.